The summed E-state index contributed by atoms with van der Waals surface area (Å²) in [4.78, 5) is 10.6. The third kappa shape index (κ3) is 4.79. The first-order valence-electron chi connectivity index (χ1n) is 5.20. The van der Waals surface area contributed by atoms with Crippen LogP contribution in [0.5, 0.6) is 5.75 Å². The number of carbonyl (C=O) groups is 1. The van der Waals surface area contributed by atoms with E-state index in [0.29, 0.717) is 5.75 Å². The molecule has 0 aliphatic heterocycles. The molecule has 0 radical (unpaired) electrons. The first-order chi connectivity index (χ1) is 7.58. The van der Waals surface area contributed by atoms with Crippen molar-refractivity contribution in [2.45, 2.75) is 20.0 Å². The normalized spacial score (nSPS) is 11.9. The Morgan fingerprint density at radius 3 is 2.62 bits per heavy atom. The first-order valence-corrected chi connectivity index (χ1v) is 5.20. The predicted molar refractivity (Wildman–Crippen MR) is 61.4 cm³/mol. The van der Waals surface area contributed by atoms with E-state index in [1.54, 1.807) is 0 Å². The molecule has 0 aliphatic carbocycles. The number of carbonyl (C=O) groups excluding carboxylic acids is 1. The van der Waals surface area contributed by atoms with Gasteiger partial charge in [0.2, 0.25) is 5.91 Å². The minimum Gasteiger partial charge on any atom is -0.491 e. The average molecular weight is 223 g/mol. The average Bonchev–Trinajstić information content (AvgIpc) is 2.25. The highest BCUT2D eigenvalue weighted by molar-refractivity contribution is 5.72. The van der Waals surface area contributed by atoms with E-state index in [1.165, 1.54) is 6.92 Å². The molecule has 1 atom stereocenters. The lowest BCUT2D eigenvalue weighted by atomic mass is 10.2. The van der Waals surface area contributed by atoms with Gasteiger partial charge in [0.25, 0.3) is 0 Å². The number of hydrogen-bond donors (Lipinski definition) is 2. The van der Waals surface area contributed by atoms with Crippen LogP contribution < -0.4 is 10.1 Å². The Hall–Kier alpha value is -1.55. The fourth-order valence-electron chi connectivity index (χ4n) is 1.15. The van der Waals surface area contributed by atoms with Gasteiger partial charge in [0.1, 0.15) is 18.5 Å². The lowest BCUT2D eigenvalue weighted by Gasteiger charge is -2.12. The van der Waals surface area contributed by atoms with Crippen molar-refractivity contribution in [2.75, 3.05) is 13.2 Å². The number of benzene rings is 1. The zero-order chi connectivity index (χ0) is 12.0. The summed E-state index contributed by atoms with van der Waals surface area (Å²) in [6, 6.07) is 7.58. The van der Waals surface area contributed by atoms with Crippen LogP contribution in [-0.4, -0.2) is 30.3 Å². The van der Waals surface area contributed by atoms with Crippen molar-refractivity contribution in [3.05, 3.63) is 29.8 Å². The van der Waals surface area contributed by atoms with Gasteiger partial charge in [-0.15, -0.1) is 0 Å². The van der Waals surface area contributed by atoms with Crippen LogP contribution in [0.15, 0.2) is 24.3 Å². The van der Waals surface area contributed by atoms with Gasteiger partial charge in [-0.1, -0.05) is 17.7 Å². The van der Waals surface area contributed by atoms with Gasteiger partial charge in [-0.25, -0.2) is 0 Å². The standard InChI is InChI=1S/C12H17NO3/c1-9-3-5-12(6-4-9)16-8-11(15)7-13-10(2)14/h3-6,11,15H,7-8H2,1-2H3,(H,13,14). The minimum atomic E-state index is -0.690. The number of aliphatic hydroxyl groups is 1. The van der Waals surface area contributed by atoms with Crippen LogP contribution in [0.25, 0.3) is 0 Å². The van der Waals surface area contributed by atoms with Crippen LogP contribution >= 0.6 is 0 Å². The molecule has 4 heteroatoms. The highest BCUT2D eigenvalue weighted by Gasteiger charge is 2.05. The summed E-state index contributed by atoms with van der Waals surface area (Å²) in [7, 11) is 0. The van der Waals surface area contributed by atoms with Crippen LogP contribution in [0.2, 0.25) is 0 Å². The molecule has 88 valence electrons. The van der Waals surface area contributed by atoms with Gasteiger partial charge in [0.15, 0.2) is 0 Å². The maximum Gasteiger partial charge on any atom is 0.216 e. The Kier molecular flexibility index (Phi) is 4.79. The quantitative estimate of drug-likeness (QED) is 0.778. The summed E-state index contributed by atoms with van der Waals surface area (Å²) in [5, 5.41) is 12.0. The van der Waals surface area contributed by atoms with Crippen molar-refractivity contribution >= 4 is 5.91 Å². The van der Waals surface area contributed by atoms with E-state index in [2.05, 4.69) is 5.32 Å². The van der Waals surface area contributed by atoms with E-state index in [4.69, 9.17) is 4.74 Å². The molecule has 1 aromatic carbocycles. The van der Waals surface area contributed by atoms with Crippen molar-refractivity contribution < 1.29 is 14.6 Å². The van der Waals surface area contributed by atoms with Crippen molar-refractivity contribution in [2.24, 2.45) is 0 Å². The Balaban J connectivity index is 2.28. The molecule has 1 unspecified atom stereocenters. The van der Waals surface area contributed by atoms with E-state index < -0.39 is 6.10 Å². The Morgan fingerprint density at radius 2 is 2.06 bits per heavy atom. The summed E-state index contributed by atoms with van der Waals surface area (Å²) >= 11 is 0. The van der Waals surface area contributed by atoms with Crippen molar-refractivity contribution in [3.63, 3.8) is 0 Å². The monoisotopic (exact) mass is 223 g/mol. The number of hydrogen-bond acceptors (Lipinski definition) is 3. The van der Waals surface area contributed by atoms with Gasteiger partial charge >= 0.3 is 0 Å². The minimum absolute atomic E-state index is 0.158. The maximum atomic E-state index is 10.6. The number of nitrogens with one attached hydrogen (secondary N) is 1. The molecule has 1 amide bonds. The van der Waals surface area contributed by atoms with E-state index >= 15 is 0 Å². The van der Waals surface area contributed by atoms with Crippen LogP contribution in [-0.2, 0) is 4.79 Å². The predicted octanol–water partition coefficient (Wildman–Crippen LogP) is 0.871. The molecule has 0 aromatic heterocycles. The molecule has 0 saturated heterocycles. The molecule has 0 heterocycles. The van der Waals surface area contributed by atoms with Gasteiger partial charge in [0, 0.05) is 13.5 Å². The Labute approximate surface area is 95.2 Å². The van der Waals surface area contributed by atoms with Crippen LogP contribution in [0.4, 0.5) is 0 Å². The summed E-state index contributed by atoms with van der Waals surface area (Å²) in [5.41, 5.74) is 1.16. The summed E-state index contributed by atoms with van der Waals surface area (Å²) in [6.07, 6.45) is -0.690. The van der Waals surface area contributed by atoms with Crippen LogP contribution in [0, 0.1) is 6.92 Å². The van der Waals surface area contributed by atoms with Crippen molar-refractivity contribution in [1.29, 1.82) is 0 Å². The molecule has 16 heavy (non-hydrogen) atoms. The van der Waals surface area contributed by atoms with E-state index in [1.807, 2.05) is 31.2 Å². The second-order valence-corrected chi connectivity index (χ2v) is 3.71. The molecular formula is C12H17NO3. The number of aliphatic hydroxyl groups excluding tert-OH is 1. The van der Waals surface area contributed by atoms with E-state index in [0.717, 1.165) is 5.56 Å². The fraction of sp³-hybridized carbons (Fsp3) is 0.417. The Bertz CT molecular complexity index is 335. The summed E-state index contributed by atoms with van der Waals surface area (Å²) in [6.45, 7) is 3.79. The highest BCUT2D eigenvalue weighted by atomic mass is 16.5. The van der Waals surface area contributed by atoms with Crippen molar-refractivity contribution in [3.8, 4) is 5.75 Å². The molecule has 0 spiro atoms. The maximum absolute atomic E-state index is 10.6. The second kappa shape index (κ2) is 6.12. The van der Waals surface area contributed by atoms with Gasteiger partial charge < -0.3 is 15.2 Å². The van der Waals surface area contributed by atoms with E-state index in [-0.39, 0.29) is 19.1 Å². The van der Waals surface area contributed by atoms with Gasteiger partial charge in [0.05, 0.1) is 0 Å². The number of amides is 1. The molecule has 0 aliphatic rings. The number of aryl methyl sites for hydroxylation is 1. The first kappa shape index (κ1) is 12.5. The van der Waals surface area contributed by atoms with Gasteiger partial charge in [-0.05, 0) is 19.1 Å². The molecule has 0 saturated carbocycles. The smallest absolute Gasteiger partial charge is 0.216 e. The zero-order valence-electron chi connectivity index (χ0n) is 9.56. The molecule has 2 N–H and O–H groups in total. The number of ether oxygens (including phenoxy) is 1. The highest BCUT2D eigenvalue weighted by Crippen LogP contribution is 2.11. The summed E-state index contributed by atoms with van der Waals surface area (Å²) < 4.78 is 5.35. The zero-order valence-corrected chi connectivity index (χ0v) is 9.56. The summed E-state index contributed by atoms with van der Waals surface area (Å²) in [5.74, 6) is 0.557. The third-order valence-corrected chi connectivity index (χ3v) is 2.05. The molecule has 4 nitrogen and oxygen atoms in total. The lowest BCUT2D eigenvalue weighted by molar-refractivity contribution is -0.119. The molecule has 0 bridgehead atoms. The molecule has 1 aromatic rings. The van der Waals surface area contributed by atoms with Crippen molar-refractivity contribution in [1.82, 2.24) is 5.32 Å². The van der Waals surface area contributed by atoms with Crippen LogP contribution in [0.3, 0.4) is 0 Å². The van der Waals surface area contributed by atoms with Gasteiger partial charge in [-0.3, -0.25) is 4.79 Å². The topological polar surface area (TPSA) is 58.6 Å². The third-order valence-electron chi connectivity index (χ3n) is 2.05. The number of rotatable bonds is 5. The molecule has 1 rings (SSSR count). The largest absolute Gasteiger partial charge is 0.491 e. The molecular weight excluding hydrogens is 206 g/mol. The van der Waals surface area contributed by atoms with Crippen LogP contribution in [0.1, 0.15) is 12.5 Å². The lowest BCUT2D eigenvalue weighted by Crippen LogP contribution is -2.33. The Morgan fingerprint density at radius 1 is 1.44 bits per heavy atom. The SMILES string of the molecule is CC(=O)NCC(O)COc1ccc(C)cc1. The fourth-order valence-corrected chi connectivity index (χ4v) is 1.15. The van der Waals surface area contributed by atoms with Gasteiger partial charge in [-0.2, -0.15) is 0 Å². The van der Waals surface area contributed by atoms with E-state index in [9.17, 15) is 9.90 Å². The second-order valence-electron chi connectivity index (χ2n) is 3.71. The molecule has 0 fully saturated rings.